The Kier molecular flexibility index (Phi) is 15.8. The molecule has 1 heterocycles. The third-order valence-corrected chi connectivity index (χ3v) is 8.89. The van der Waals surface area contributed by atoms with Crippen molar-refractivity contribution in [2.45, 2.75) is 76.8 Å². The van der Waals surface area contributed by atoms with E-state index in [2.05, 4.69) is 29.5 Å². The zero-order valence-electron chi connectivity index (χ0n) is 32.0. The summed E-state index contributed by atoms with van der Waals surface area (Å²) in [5.74, 6) is -2.29. The number of hydrogen-bond acceptors (Lipinski definition) is 14. The molecule has 3 aromatic rings. The highest BCUT2D eigenvalue weighted by Crippen LogP contribution is 2.39. The van der Waals surface area contributed by atoms with Crippen LogP contribution in [0.1, 0.15) is 59.9 Å². The number of carboxylic acids is 1. The lowest BCUT2D eigenvalue weighted by molar-refractivity contribution is -0.277. The minimum Gasteiger partial charge on any atom is -0.502 e. The Balaban J connectivity index is 1.53. The molecule has 3 aromatic carbocycles. The van der Waals surface area contributed by atoms with Crippen LogP contribution in [-0.4, -0.2) is 114 Å². The molecular weight excluding hydrogens is 732 g/mol. The number of carbonyl (C=O) groups excluding carboxylic acids is 1. The molecule has 17 nitrogen and oxygen atoms in total. The van der Waals surface area contributed by atoms with Gasteiger partial charge in [-0.15, -0.1) is 0 Å². The summed E-state index contributed by atoms with van der Waals surface area (Å²) in [6.07, 6.45) is -6.32. The SMILES string of the molecule is CN=C(N)NCOc1cc(C(=O)O)c(N[C@H](C)CCC(C)C)cc1O[C@H]1O[C@H](COC(=O)c2cc(OC)c(O)c(OCCc3ccccc3)c2)[C@@H](O)[C@H](O)[C@H]1O. The molecule has 6 atom stereocenters. The molecule has 306 valence electrons. The van der Waals surface area contributed by atoms with Crippen LogP contribution in [0.4, 0.5) is 5.69 Å². The van der Waals surface area contributed by atoms with Gasteiger partial charge in [-0.3, -0.25) is 4.99 Å². The molecule has 0 bridgehead atoms. The van der Waals surface area contributed by atoms with Crippen LogP contribution in [0.5, 0.6) is 28.7 Å². The van der Waals surface area contributed by atoms with Crippen molar-refractivity contribution < 1.29 is 63.5 Å². The fourth-order valence-electron chi connectivity index (χ4n) is 5.66. The first-order chi connectivity index (χ1) is 26.7. The number of rotatable bonds is 19. The lowest BCUT2D eigenvalue weighted by Gasteiger charge is -2.40. The zero-order valence-corrected chi connectivity index (χ0v) is 32.0. The van der Waals surface area contributed by atoms with Gasteiger partial charge in [0, 0.05) is 31.6 Å². The number of carboxylic acid groups (broad SMARTS) is 1. The number of aliphatic imine (C=N–C) groups is 1. The molecule has 0 spiro atoms. The molecule has 4 rings (SSSR count). The van der Waals surface area contributed by atoms with Crippen molar-refractivity contribution in [3.05, 3.63) is 71.3 Å². The zero-order chi connectivity index (χ0) is 40.9. The summed E-state index contributed by atoms with van der Waals surface area (Å²) in [5, 5.41) is 59.2. The Hall–Kier alpha value is -5.49. The van der Waals surface area contributed by atoms with Crippen LogP contribution in [0.15, 0.2) is 59.6 Å². The smallest absolute Gasteiger partial charge is 0.338 e. The number of carbonyl (C=O) groups is 2. The van der Waals surface area contributed by atoms with E-state index in [0.29, 0.717) is 12.3 Å². The van der Waals surface area contributed by atoms with Crippen molar-refractivity contribution in [3.8, 4) is 28.7 Å². The van der Waals surface area contributed by atoms with Gasteiger partial charge in [-0.25, -0.2) is 9.59 Å². The first-order valence-corrected chi connectivity index (χ1v) is 18.1. The average molecular weight is 785 g/mol. The lowest BCUT2D eigenvalue weighted by Crippen LogP contribution is -2.60. The van der Waals surface area contributed by atoms with Gasteiger partial charge in [-0.1, -0.05) is 44.2 Å². The van der Waals surface area contributed by atoms with Gasteiger partial charge in [-0.2, -0.15) is 0 Å². The first kappa shape index (κ1) is 43.2. The van der Waals surface area contributed by atoms with Crippen molar-refractivity contribution in [2.75, 3.05) is 39.4 Å². The number of esters is 1. The molecule has 1 fully saturated rings. The second-order valence-electron chi connectivity index (χ2n) is 13.6. The second kappa shape index (κ2) is 20.4. The van der Waals surface area contributed by atoms with E-state index in [1.54, 1.807) is 0 Å². The monoisotopic (exact) mass is 784 g/mol. The van der Waals surface area contributed by atoms with Gasteiger partial charge in [0.15, 0.2) is 35.7 Å². The van der Waals surface area contributed by atoms with E-state index in [4.69, 9.17) is 34.2 Å². The Labute approximate surface area is 325 Å². The van der Waals surface area contributed by atoms with Gasteiger partial charge in [0.2, 0.25) is 12.0 Å². The normalized spacial score (nSPS) is 20.2. The van der Waals surface area contributed by atoms with Crippen molar-refractivity contribution in [3.63, 3.8) is 0 Å². The van der Waals surface area contributed by atoms with E-state index >= 15 is 0 Å². The molecular formula is C39H52N4O13. The average Bonchev–Trinajstić information content (AvgIpc) is 3.18. The number of guanidine groups is 1. The van der Waals surface area contributed by atoms with Crippen LogP contribution in [0.25, 0.3) is 0 Å². The number of hydrogen-bond donors (Lipinski definition) is 8. The minimum absolute atomic E-state index is 0.0248. The van der Waals surface area contributed by atoms with Gasteiger partial charge in [0.25, 0.3) is 0 Å². The Morgan fingerprint density at radius 2 is 1.64 bits per heavy atom. The van der Waals surface area contributed by atoms with Gasteiger partial charge in [-0.05, 0) is 43.4 Å². The van der Waals surface area contributed by atoms with E-state index in [1.807, 2.05) is 37.3 Å². The fourth-order valence-corrected chi connectivity index (χ4v) is 5.66. The van der Waals surface area contributed by atoms with Crippen LogP contribution in [-0.2, 0) is 15.9 Å². The summed E-state index contributed by atoms with van der Waals surface area (Å²) in [7, 11) is 2.76. The number of phenolic OH excluding ortho intramolecular Hbond substituents is 1. The van der Waals surface area contributed by atoms with E-state index < -0.39 is 49.3 Å². The number of anilines is 1. The molecule has 0 radical (unpaired) electrons. The van der Waals surface area contributed by atoms with Crippen LogP contribution < -0.4 is 35.3 Å². The number of aromatic hydroxyl groups is 1. The van der Waals surface area contributed by atoms with Crippen LogP contribution in [0.3, 0.4) is 0 Å². The molecule has 1 aliphatic rings. The summed E-state index contributed by atoms with van der Waals surface area (Å²) in [4.78, 5) is 29.4. The Morgan fingerprint density at radius 3 is 2.30 bits per heavy atom. The number of nitrogens with zero attached hydrogens (tertiary/aromatic N) is 1. The maximum atomic E-state index is 13.3. The number of ether oxygens (including phenoxy) is 6. The highest BCUT2D eigenvalue weighted by Gasteiger charge is 2.46. The number of phenols is 1. The van der Waals surface area contributed by atoms with Gasteiger partial charge in [0.1, 0.15) is 31.0 Å². The van der Waals surface area contributed by atoms with Gasteiger partial charge in [0.05, 0.1) is 30.5 Å². The number of methoxy groups -OCH3 is 1. The molecule has 0 amide bonds. The summed E-state index contributed by atoms with van der Waals surface area (Å²) in [6, 6.07) is 14.5. The summed E-state index contributed by atoms with van der Waals surface area (Å²) >= 11 is 0. The number of nitrogens with two attached hydrogens (primary N) is 1. The second-order valence-corrected chi connectivity index (χ2v) is 13.6. The molecule has 1 saturated heterocycles. The number of benzene rings is 3. The molecule has 9 N–H and O–H groups in total. The number of aromatic carboxylic acids is 1. The Morgan fingerprint density at radius 1 is 0.929 bits per heavy atom. The van der Waals surface area contributed by atoms with E-state index in [1.165, 1.54) is 38.4 Å². The summed E-state index contributed by atoms with van der Waals surface area (Å²) < 4.78 is 34.0. The highest BCUT2D eigenvalue weighted by molar-refractivity contribution is 5.95. The van der Waals surface area contributed by atoms with Crippen LogP contribution >= 0.6 is 0 Å². The molecule has 0 saturated carbocycles. The molecule has 17 heteroatoms. The molecule has 0 aromatic heterocycles. The topological polar surface area (TPSA) is 253 Å². The number of aliphatic hydroxyl groups excluding tert-OH is 3. The van der Waals surface area contributed by atoms with E-state index in [9.17, 15) is 35.1 Å². The summed E-state index contributed by atoms with van der Waals surface area (Å²) in [5.41, 5.74) is 6.70. The van der Waals surface area contributed by atoms with Crippen LogP contribution in [0.2, 0.25) is 0 Å². The molecule has 0 aliphatic carbocycles. The Bertz CT molecular complexity index is 1790. The van der Waals surface area contributed by atoms with Gasteiger partial charge >= 0.3 is 11.9 Å². The quantitative estimate of drug-likeness (QED) is 0.0377. The predicted molar refractivity (Wildman–Crippen MR) is 205 cm³/mol. The standard InChI is InChI=1S/C39H52N4O13/c1-21(2)11-12-22(3)43-26-18-28(27(17-25(26)36(48)49)54-20-42-39(40)41-4)55-38-35(47)34(46)33(45)31(56-38)19-53-37(50)24-15-29(51-5)32(44)30(16-24)52-14-13-23-9-7-6-8-10-23/h6-10,15-18,21-22,31,33-35,38,43-47H,11-14,19-20H2,1-5H3,(H,48,49)(H3,40,41,42)/t22-,31-,33-,34+,35-,38+/m1/s1. The van der Waals surface area contributed by atoms with Crippen molar-refractivity contribution in [1.82, 2.24) is 5.32 Å². The number of aliphatic hydroxyl groups is 3. The maximum absolute atomic E-state index is 13.3. The minimum atomic E-state index is -1.82. The lowest BCUT2D eigenvalue weighted by atomic mass is 9.99. The fraction of sp³-hybridized carbons (Fsp3) is 0.462. The van der Waals surface area contributed by atoms with E-state index in [-0.39, 0.29) is 70.9 Å². The third kappa shape index (κ3) is 11.8. The van der Waals surface area contributed by atoms with Crippen LogP contribution in [0, 0.1) is 5.92 Å². The first-order valence-electron chi connectivity index (χ1n) is 18.1. The van der Waals surface area contributed by atoms with Crippen molar-refractivity contribution in [1.29, 1.82) is 0 Å². The molecule has 0 unspecified atom stereocenters. The highest BCUT2D eigenvalue weighted by atomic mass is 16.7. The molecule has 1 aliphatic heterocycles. The number of nitrogens with one attached hydrogen (secondary N) is 2. The third-order valence-electron chi connectivity index (χ3n) is 8.89. The van der Waals surface area contributed by atoms with Gasteiger partial charge < -0.3 is 70.3 Å². The van der Waals surface area contributed by atoms with E-state index in [0.717, 1.165) is 18.4 Å². The predicted octanol–water partition coefficient (Wildman–Crippen LogP) is 2.87. The maximum Gasteiger partial charge on any atom is 0.338 e. The molecule has 56 heavy (non-hydrogen) atoms. The van der Waals surface area contributed by atoms with Crippen molar-refractivity contribution in [2.24, 2.45) is 16.6 Å². The van der Waals surface area contributed by atoms with Crippen molar-refractivity contribution >= 4 is 23.6 Å². The largest absolute Gasteiger partial charge is 0.502 e. The summed E-state index contributed by atoms with van der Waals surface area (Å²) in [6.45, 7) is 5.38.